The Hall–Kier alpha value is -4.20. The van der Waals surface area contributed by atoms with Crippen LogP contribution < -0.4 is 20.7 Å². The molecule has 8 heteroatoms. The molecule has 3 aromatic carbocycles. The second-order valence-corrected chi connectivity index (χ2v) is 7.21. The van der Waals surface area contributed by atoms with Crippen molar-refractivity contribution >= 4 is 29.0 Å². The van der Waals surface area contributed by atoms with Gasteiger partial charge in [-0.2, -0.15) is 0 Å². The summed E-state index contributed by atoms with van der Waals surface area (Å²) < 4.78 is 5.22. The van der Waals surface area contributed by atoms with Crippen molar-refractivity contribution in [2.75, 3.05) is 17.7 Å². The fourth-order valence-electron chi connectivity index (χ4n) is 3.12. The highest BCUT2D eigenvalue weighted by molar-refractivity contribution is 6.00. The van der Waals surface area contributed by atoms with Gasteiger partial charge in [-0.05, 0) is 66.0 Å². The van der Waals surface area contributed by atoms with Gasteiger partial charge >= 0.3 is 6.03 Å². The number of nitroso groups, excluding NO2 is 1. The Morgan fingerprint density at radius 3 is 2.31 bits per heavy atom. The van der Waals surface area contributed by atoms with Crippen molar-refractivity contribution in [1.29, 1.82) is 0 Å². The molecule has 0 bridgehead atoms. The van der Waals surface area contributed by atoms with Gasteiger partial charge in [0.15, 0.2) is 0 Å². The number of carbonyl (C=O) groups is 2. The third-order valence-corrected chi connectivity index (χ3v) is 4.98. The second-order valence-electron chi connectivity index (χ2n) is 7.21. The summed E-state index contributed by atoms with van der Waals surface area (Å²) in [6.07, 6.45) is 0. The number of hydrogen-bond acceptors (Lipinski definition) is 5. The lowest BCUT2D eigenvalue weighted by molar-refractivity contribution is -0.118. The molecule has 0 aliphatic carbocycles. The zero-order valence-electron chi connectivity index (χ0n) is 18.0. The maximum Gasteiger partial charge on any atom is 0.320 e. The van der Waals surface area contributed by atoms with Crippen LogP contribution in [0.3, 0.4) is 0 Å². The number of rotatable bonds is 7. The minimum atomic E-state index is -0.962. The Morgan fingerprint density at radius 1 is 0.906 bits per heavy atom. The number of nitrogens with one attached hydrogen (secondary N) is 3. The third kappa shape index (κ3) is 5.48. The molecule has 0 spiro atoms. The molecule has 0 unspecified atom stereocenters. The summed E-state index contributed by atoms with van der Waals surface area (Å²) in [5, 5.41) is 11.0. The molecule has 3 amide bonds. The summed E-state index contributed by atoms with van der Waals surface area (Å²) in [7, 11) is 1.44. The lowest BCUT2D eigenvalue weighted by atomic mass is 10.1. The van der Waals surface area contributed by atoms with Gasteiger partial charge < -0.3 is 20.7 Å². The van der Waals surface area contributed by atoms with E-state index >= 15 is 0 Å². The van der Waals surface area contributed by atoms with E-state index < -0.39 is 18.0 Å². The Balaban J connectivity index is 1.82. The van der Waals surface area contributed by atoms with Crippen LogP contribution in [0.1, 0.15) is 22.7 Å². The van der Waals surface area contributed by atoms with Crippen LogP contribution in [0.2, 0.25) is 0 Å². The molecule has 8 nitrogen and oxygen atoms in total. The average molecular weight is 432 g/mol. The van der Waals surface area contributed by atoms with Gasteiger partial charge in [0.25, 0.3) is 5.91 Å². The fraction of sp³-hybridized carbons (Fsp3) is 0.167. The van der Waals surface area contributed by atoms with Crippen LogP contribution in [0.15, 0.2) is 71.9 Å². The fourth-order valence-corrected chi connectivity index (χ4v) is 3.12. The molecule has 3 aromatic rings. The lowest BCUT2D eigenvalue weighted by Gasteiger charge is -2.20. The van der Waals surface area contributed by atoms with Crippen LogP contribution in [0, 0.1) is 18.8 Å². The molecular weight excluding hydrogens is 408 g/mol. The van der Waals surface area contributed by atoms with Gasteiger partial charge in [0.1, 0.15) is 17.5 Å². The van der Waals surface area contributed by atoms with Crippen molar-refractivity contribution in [3.8, 4) is 5.75 Å². The number of carbonyl (C=O) groups excluding carboxylic acids is 2. The van der Waals surface area contributed by atoms with Crippen LogP contribution in [0.5, 0.6) is 5.75 Å². The molecule has 0 heterocycles. The molecule has 0 saturated heterocycles. The summed E-state index contributed by atoms with van der Waals surface area (Å²) >= 11 is 0. The van der Waals surface area contributed by atoms with E-state index in [0.717, 1.165) is 11.1 Å². The average Bonchev–Trinajstić information content (AvgIpc) is 2.80. The summed E-state index contributed by atoms with van der Waals surface area (Å²) in [4.78, 5) is 36.7. The number of methoxy groups -OCH3 is 1. The van der Waals surface area contributed by atoms with Gasteiger partial charge in [-0.25, -0.2) is 4.79 Å². The van der Waals surface area contributed by atoms with Crippen molar-refractivity contribution in [3.63, 3.8) is 0 Å². The summed E-state index contributed by atoms with van der Waals surface area (Å²) in [6, 6.07) is 17.3. The molecule has 0 aliphatic heterocycles. The van der Waals surface area contributed by atoms with E-state index in [9.17, 15) is 14.5 Å². The number of aryl methyl sites for hydroxylation is 2. The zero-order valence-corrected chi connectivity index (χ0v) is 18.0. The number of hydrogen-bond donors (Lipinski definition) is 3. The van der Waals surface area contributed by atoms with E-state index in [2.05, 4.69) is 21.1 Å². The molecule has 0 radical (unpaired) electrons. The SMILES string of the molecule is COc1ccc(N=O)cc1NC(=O)N[C@@H](C(=O)Nc1ccc(C)c(C)c1)c1ccccc1. The minimum Gasteiger partial charge on any atom is -0.495 e. The van der Waals surface area contributed by atoms with Gasteiger partial charge in [-0.1, -0.05) is 36.4 Å². The standard InChI is InChI=1S/C24H24N4O4/c1-15-9-10-18(13-16(15)2)25-23(29)22(17-7-5-4-6-8-17)27-24(30)26-20-14-19(28-31)11-12-21(20)32-3/h4-14,22H,1-3H3,(H,25,29)(H2,26,27,30)/t22-/m1/s1. The number of nitrogens with zero attached hydrogens (tertiary/aromatic N) is 1. The smallest absolute Gasteiger partial charge is 0.320 e. The Kier molecular flexibility index (Phi) is 7.17. The van der Waals surface area contributed by atoms with Crippen molar-refractivity contribution in [1.82, 2.24) is 5.32 Å². The summed E-state index contributed by atoms with van der Waals surface area (Å²) in [6.45, 7) is 3.95. The molecule has 3 rings (SSSR count). The topological polar surface area (TPSA) is 109 Å². The monoisotopic (exact) mass is 432 g/mol. The van der Waals surface area contributed by atoms with E-state index in [1.165, 1.54) is 25.3 Å². The van der Waals surface area contributed by atoms with Crippen molar-refractivity contribution < 1.29 is 14.3 Å². The van der Waals surface area contributed by atoms with Crippen LogP contribution in [-0.2, 0) is 4.79 Å². The minimum absolute atomic E-state index is 0.133. The maximum absolute atomic E-state index is 13.1. The largest absolute Gasteiger partial charge is 0.495 e. The van der Waals surface area contributed by atoms with E-state index in [0.29, 0.717) is 17.0 Å². The van der Waals surface area contributed by atoms with E-state index in [4.69, 9.17) is 4.74 Å². The van der Waals surface area contributed by atoms with Crippen LogP contribution >= 0.6 is 0 Å². The first kappa shape index (κ1) is 22.5. The summed E-state index contributed by atoms with van der Waals surface area (Å²) in [5.41, 5.74) is 3.78. The number of ether oxygens (including phenoxy) is 1. The highest BCUT2D eigenvalue weighted by Crippen LogP contribution is 2.29. The van der Waals surface area contributed by atoms with E-state index in [-0.39, 0.29) is 11.4 Å². The van der Waals surface area contributed by atoms with Gasteiger partial charge in [-0.15, -0.1) is 4.91 Å². The highest BCUT2D eigenvalue weighted by Gasteiger charge is 2.23. The molecule has 1 atom stereocenters. The lowest BCUT2D eigenvalue weighted by Crippen LogP contribution is -2.39. The number of amides is 3. The molecule has 164 valence electrons. The predicted octanol–water partition coefficient (Wildman–Crippen LogP) is 5.21. The van der Waals surface area contributed by atoms with Crippen LogP contribution in [-0.4, -0.2) is 19.0 Å². The first-order valence-corrected chi connectivity index (χ1v) is 9.93. The van der Waals surface area contributed by atoms with Crippen LogP contribution in [0.25, 0.3) is 0 Å². The summed E-state index contributed by atoms with van der Waals surface area (Å²) in [5.74, 6) is -0.0479. The molecular formula is C24H24N4O4. The highest BCUT2D eigenvalue weighted by atomic mass is 16.5. The molecule has 0 saturated carbocycles. The maximum atomic E-state index is 13.1. The molecule has 3 N–H and O–H groups in total. The first-order chi connectivity index (χ1) is 15.4. The molecule has 0 aromatic heterocycles. The van der Waals surface area contributed by atoms with Crippen molar-refractivity contribution in [2.45, 2.75) is 19.9 Å². The second kappa shape index (κ2) is 10.2. The van der Waals surface area contributed by atoms with Crippen molar-refractivity contribution in [2.24, 2.45) is 5.18 Å². The molecule has 32 heavy (non-hydrogen) atoms. The number of anilines is 2. The predicted molar refractivity (Wildman–Crippen MR) is 124 cm³/mol. The normalized spacial score (nSPS) is 11.2. The quantitative estimate of drug-likeness (QED) is 0.445. The van der Waals surface area contributed by atoms with E-state index in [1.54, 1.807) is 24.3 Å². The first-order valence-electron chi connectivity index (χ1n) is 9.93. The van der Waals surface area contributed by atoms with Gasteiger partial charge in [0.05, 0.1) is 12.8 Å². The number of urea groups is 1. The third-order valence-electron chi connectivity index (χ3n) is 4.98. The number of benzene rings is 3. The zero-order chi connectivity index (χ0) is 23.1. The Labute approximate surface area is 186 Å². The van der Waals surface area contributed by atoms with Crippen LogP contribution in [0.4, 0.5) is 21.9 Å². The van der Waals surface area contributed by atoms with E-state index in [1.807, 2.05) is 38.1 Å². The van der Waals surface area contributed by atoms with Gasteiger partial charge in [0, 0.05) is 5.69 Å². The molecule has 0 aliphatic rings. The Bertz CT molecular complexity index is 1130. The van der Waals surface area contributed by atoms with Crippen molar-refractivity contribution in [3.05, 3.63) is 88.3 Å². The Morgan fingerprint density at radius 2 is 1.66 bits per heavy atom. The molecule has 0 fully saturated rings. The van der Waals surface area contributed by atoms with Gasteiger partial charge in [-0.3, -0.25) is 4.79 Å². The van der Waals surface area contributed by atoms with Gasteiger partial charge in [0.2, 0.25) is 0 Å².